The van der Waals surface area contributed by atoms with Crippen LogP contribution in [-0.4, -0.2) is 42.2 Å². The SMILES string of the molecule is CC[N+]1(C)[C@@H]2CC[C@H]1CC(OC(=O)CC1=C(c3ccccc3)CCCC1)C2.[I-]. The predicted octanol–water partition coefficient (Wildman–Crippen LogP) is 2.11. The van der Waals surface area contributed by atoms with Crippen molar-refractivity contribution in [1.29, 1.82) is 0 Å². The van der Waals surface area contributed by atoms with E-state index in [-0.39, 0.29) is 36.0 Å². The molecular weight excluding hydrogens is 461 g/mol. The molecule has 0 spiro atoms. The number of esters is 1. The lowest BCUT2D eigenvalue weighted by atomic mass is 9.86. The van der Waals surface area contributed by atoms with Crippen LogP contribution in [0.5, 0.6) is 0 Å². The first kappa shape index (κ1) is 21.8. The van der Waals surface area contributed by atoms with Crippen LogP contribution in [0, 0.1) is 0 Å². The van der Waals surface area contributed by atoms with Crippen LogP contribution in [0.2, 0.25) is 0 Å². The molecule has 4 rings (SSSR count). The summed E-state index contributed by atoms with van der Waals surface area (Å²) in [6.07, 6.45) is 9.87. The summed E-state index contributed by atoms with van der Waals surface area (Å²) in [7, 11) is 2.40. The van der Waals surface area contributed by atoms with Crippen molar-refractivity contribution < 1.29 is 38.0 Å². The van der Waals surface area contributed by atoms with E-state index in [4.69, 9.17) is 4.74 Å². The molecule has 2 fully saturated rings. The van der Waals surface area contributed by atoms with Crippen molar-refractivity contribution in [3.05, 3.63) is 41.5 Å². The van der Waals surface area contributed by atoms with E-state index in [9.17, 15) is 4.79 Å². The molecule has 0 radical (unpaired) electrons. The Hall–Kier alpha value is -0.880. The summed E-state index contributed by atoms with van der Waals surface area (Å²) < 4.78 is 7.21. The maximum Gasteiger partial charge on any atom is 0.310 e. The van der Waals surface area contributed by atoms with Crippen molar-refractivity contribution in [3.63, 3.8) is 0 Å². The van der Waals surface area contributed by atoms with Crippen molar-refractivity contribution in [1.82, 2.24) is 0 Å². The third kappa shape index (κ3) is 4.33. The summed E-state index contributed by atoms with van der Waals surface area (Å²) in [6.45, 7) is 3.50. The highest BCUT2D eigenvalue weighted by atomic mass is 127. The van der Waals surface area contributed by atoms with Gasteiger partial charge in [-0.3, -0.25) is 4.79 Å². The lowest BCUT2D eigenvalue weighted by Crippen LogP contribution is -3.00. The molecule has 2 bridgehead atoms. The van der Waals surface area contributed by atoms with Gasteiger partial charge in [0, 0.05) is 25.7 Å². The molecule has 1 aliphatic carbocycles. The third-order valence-corrected chi connectivity index (χ3v) is 7.61. The molecule has 4 heteroatoms. The summed E-state index contributed by atoms with van der Waals surface area (Å²) >= 11 is 0. The molecule has 154 valence electrons. The van der Waals surface area contributed by atoms with Crippen LogP contribution >= 0.6 is 0 Å². The first-order valence-electron chi connectivity index (χ1n) is 10.9. The van der Waals surface area contributed by atoms with Crippen LogP contribution in [0.3, 0.4) is 0 Å². The maximum absolute atomic E-state index is 12.8. The van der Waals surface area contributed by atoms with Gasteiger partial charge in [0.05, 0.1) is 32.1 Å². The number of fused-ring (bicyclic) bond motifs is 2. The zero-order valence-electron chi connectivity index (χ0n) is 17.3. The fourth-order valence-corrected chi connectivity index (χ4v) is 5.86. The molecule has 3 nitrogen and oxygen atoms in total. The molecule has 2 unspecified atom stereocenters. The fourth-order valence-electron chi connectivity index (χ4n) is 5.86. The average molecular weight is 495 g/mol. The van der Waals surface area contributed by atoms with Gasteiger partial charge in [0.1, 0.15) is 6.10 Å². The van der Waals surface area contributed by atoms with Crippen LogP contribution in [0.4, 0.5) is 0 Å². The maximum atomic E-state index is 12.8. The molecule has 4 atom stereocenters. The Balaban J connectivity index is 0.00000225. The Kier molecular flexibility index (Phi) is 7.24. The molecule has 3 aliphatic rings. The quantitative estimate of drug-likeness (QED) is 0.356. The van der Waals surface area contributed by atoms with Gasteiger partial charge in [-0.2, -0.15) is 0 Å². The van der Waals surface area contributed by atoms with Gasteiger partial charge in [0.25, 0.3) is 0 Å². The number of carbonyl (C=O) groups excluding carboxylic acids is 1. The first-order valence-corrected chi connectivity index (χ1v) is 10.9. The molecule has 0 N–H and O–H groups in total. The Labute approximate surface area is 187 Å². The number of benzene rings is 1. The highest BCUT2D eigenvalue weighted by Gasteiger charge is 2.51. The minimum atomic E-state index is -0.00247. The molecular formula is C24H34INO2. The summed E-state index contributed by atoms with van der Waals surface area (Å²) in [5, 5.41) is 0. The average Bonchev–Trinajstić information content (AvgIpc) is 2.85. The topological polar surface area (TPSA) is 26.3 Å². The molecule has 0 saturated carbocycles. The van der Waals surface area contributed by atoms with Crippen LogP contribution in [0.25, 0.3) is 5.57 Å². The van der Waals surface area contributed by atoms with Gasteiger partial charge in [-0.15, -0.1) is 0 Å². The van der Waals surface area contributed by atoms with Crippen LogP contribution < -0.4 is 24.0 Å². The second kappa shape index (κ2) is 9.29. The lowest BCUT2D eigenvalue weighted by molar-refractivity contribution is -0.947. The Morgan fingerprint density at radius 1 is 1.07 bits per heavy atom. The first-order chi connectivity index (χ1) is 13.1. The summed E-state index contributed by atoms with van der Waals surface area (Å²) in [6, 6.07) is 11.9. The van der Waals surface area contributed by atoms with Gasteiger partial charge in [-0.1, -0.05) is 35.9 Å². The van der Waals surface area contributed by atoms with Gasteiger partial charge < -0.3 is 33.2 Å². The van der Waals surface area contributed by atoms with E-state index in [1.807, 2.05) is 0 Å². The van der Waals surface area contributed by atoms with Crippen LogP contribution in [0.15, 0.2) is 35.9 Å². The highest BCUT2D eigenvalue weighted by Crippen LogP contribution is 2.42. The van der Waals surface area contributed by atoms with E-state index < -0.39 is 0 Å². The van der Waals surface area contributed by atoms with E-state index in [2.05, 4.69) is 44.3 Å². The van der Waals surface area contributed by atoms with Crippen molar-refractivity contribution in [2.75, 3.05) is 13.6 Å². The molecule has 1 aromatic carbocycles. The van der Waals surface area contributed by atoms with E-state index in [1.165, 1.54) is 53.4 Å². The highest BCUT2D eigenvalue weighted by molar-refractivity contribution is 5.79. The van der Waals surface area contributed by atoms with Gasteiger partial charge in [0.15, 0.2) is 0 Å². The molecule has 2 saturated heterocycles. The second-order valence-corrected chi connectivity index (χ2v) is 8.96. The van der Waals surface area contributed by atoms with E-state index in [1.54, 1.807) is 0 Å². The normalized spacial score (nSPS) is 32.0. The summed E-state index contributed by atoms with van der Waals surface area (Å²) in [5.74, 6) is -0.00247. The zero-order valence-corrected chi connectivity index (χ0v) is 19.5. The van der Waals surface area contributed by atoms with E-state index in [0.717, 1.165) is 25.7 Å². The molecule has 0 amide bonds. The number of piperidine rings is 1. The fraction of sp³-hybridized carbons (Fsp3) is 0.625. The number of quaternary nitrogens is 1. The number of rotatable bonds is 5. The smallest absolute Gasteiger partial charge is 0.310 e. The van der Waals surface area contributed by atoms with E-state index in [0.29, 0.717) is 18.5 Å². The minimum absolute atomic E-state index is 0. The van der Waals surface area contributed by atoms with E-state index >= 15 is 0 Å². The number of hydrogen-bond donors (Lipinski definition) is 0. The predicted molar refractivity (Wildman–Crippen MR) is 109 cm³/mol. The monoisotopic (exact) mass is 495 g/mol. The van der Waals surface area contributed by atoms with Crippen molar-refractivity contribution in [3.8, 4) is 0 Å². The number of hydrogen-bond acceptors (Lipinski definition) is 2. The number of nitrogens with zero attached hydrogens (tertiary/aromatic N) is 1. The van der Waals surface area contributed by atoms with Crippen molar-refractivity contribution in [2.45, 2.75) is 82.9 Å². The standard InChI is InChI=1S/C24H34NO2.HI/c1-3-25(2)20-13-14-21(25)17-22(16-20)27-24(26)15-19-11-7-8-12-23(19)18-9-5-4-6-10-18;/h4-6,9-10,20-22H,3,7-8,11-17H2,1-2H3;1H/q+1;/p-1/t20-,21+,22?,25?;. The molecule has 28 heavy (non-hydrogen) atoms. The third-order valence-electron chi connectivity index (χ3n) is 7.61. The van der Waals surface area contributed by atoms with Gasteiger partial charge in [-0.25, -0.2) is 0 Å². The van der Waals surface area contributed by atoms with Gasteiger partial charge in [0.2, 0.25) is 0 Å². The van der Waals surface area contributed by atoms with Crippen molar-refractivity contribution in [2.24, 2.45) is 0 Å². The summed E-state index contributed by atoms with van der Waals surface area (Å²) in [4.78, 5) is 12.8. The second-order valence-electron chi connectivity index (χ2n) is 8.96. The van der Waals surface area contributed by atoms with Crippen LogP contribution in [-0.2, 0) is 9.53 Å². The Morgan fingerprint density at radius 3 is 2.36 bits per heavy atom. The lowest BCUT2D eigenvalue weighted by Gasteiger charge is -2.46. The van der Waals surface area contributed by atoms with Crippen LogP contribution in [0.1, 0.15) is 70.3 Å². The summed E-state index contributed by atoms with van der Waals surface area (Å²) in [5.41, 5.74) is 3.98. The molecule has 1 aromatic rings. The van der Waals surface area contributed by atoms with Gasteiger partial charge >= 0.3 is 5.97 Å². The zero-order chi connectivity index (χ0) is 18.9. The Bertz CT molecular complexity index is 701. The molecule has 0 aromatic heterocycles. The van der Waals surface area contributed by atoms with Gasteiger partial charge in [-0.05, 0) is 43.7 Å². The number of carbonyl (C=O) groups is 1. The largest absolute Gasteiger partial charge is 1.00 e. The Morgan fingerprint density at radius 2 is 1.71 bits per heavy atom. The number of ether oxygens (including phenoxy) is 1. The molecule has 2 aliphatic heterocycles. The van der Waals surface area contributed by atoms with Crippen molar-refractivity contribution >= 4 is 11.5 Å². The molecule has 2 heterocycles. The number of allylic oxidation sites excluding steroid dienone is 1. The minimum Gasteiger partial charge on any atom is -1.00 e. The number of halogens is 1.